The van der Waals surface area contributed by atoms with E-state index in [9.17, 15) is 4.79 Å². The topological polar surface area (TPSA) is 87.2 Å². The lowest BCUT2D eigenvalue weighted by Crippen LogP contribution is -2.49. The van der Waals surface area contributed by atoms with Gasteiger partial charge in [0.15, 0.2) is 5.16 Å². The Balaban J connectivity index is 1.22. The fraction of sp³-hybridized carbons (Fsp3) is 0.300. The highest BCUT2D eigenvalue weighted by atomic mass is 32.2. The van der Waals surface area contributed by atoms with Gasteiger partial charge in [0.1, 0.15) is 5.75 Å². The molecule has 1 saturated heterocycles. The first-order chi connectivity index (χ1) is 14.3. The normalized spacial score (nSPS) is 14.7. The van der Waals surface area contributed by atoms with Crippen LogP contribution in [0.25, 0.3) is 0 Å². The van der Waals surface area contributed by atoms with Gasteiger partial charge in [-0.1, -0.05) is 23.9 Å². The second-order valence-electron chi connectivity index (χ2n) is 6.65. The van der Waals surface area contributed by atoms with E-state index < -0.39 is 0 Å². The van der Waals surface area contributed by atoms with Gasteiger partial charge in [-0.15, -0.1) is 0 Å². The van der Waals surface area contributed by atoms with Crippen molar-refractivity contribution in [3.05, 3.63) is 66.5 Å². The predicted molar refractivity (Wildman–Crippen MR) is 109 cm³/mol. The Bertz CT molecular complexity index is 896. The summed E-state index contributed by atoms with van der Waals surface area (Å²) in [5.41, 5.74) is 2.08. The van der Waals surface area contributed by atoms with Crippen molar-refractivity contribution in [2.75, 3.05) is 26.2 Å². The molecular formula is C20H22N6O2S. The number of rotatable bonds is 6. The van der Waals surface area contributed by atoms with Crippen LogP contribution in [0.2, 0.25) is 0 Å². The maximum atomic E-state index is 12.4. The summed E-state index contributed by atoms with van der Waals surface area (Å²) in [6.45, 7) is 3.59. The van der Waals surface area contributed by atoms with Gasteiger partial charge in [-0.25, -0.2) is 9.78 Å². The molecule has 1 aliphatic rings. The molecule has 0 radical (unpaired) electrons. The van der Waals surface area contributed by atoms with E-state index in [2.05, 4.69) is 24.8 Å². The molecule has 150 valence electrons. The average molecular weight is 411 g/mol. The van der Waals surface area contributed by atoms with Crippen LogP contribution in [-0.2, 0) is 12.3 Å². The van der Waals surface area contributed by atoms with Crippen molar-refractivity contribution < 1.29 is 9.53 Å². The number of H-pyrrole nitrogens is 1. The molecule has 0 saturated carbocycles. The molecule has 9 heteroatoms. The Labute approximate surface area is 173 Å². The Morgan fingerprint density at radius 2 is 1.90 bits per heavy atom. The Morgan fingerprint density at radius 1 is 1.07 bits per heavy atom. The molecule has 29 heavy (non-hydrogen) atoms. The third-order valence-electron chi connectivity index (χ3n) is 4.61. The minimum Gasteiger partial charge on any atom is -0.410 e. The van der Waals surface area contributed by atoms with Gasteiger partial charge in [-0.05, 0) is 17.7 Å². The van der Waals surface area contributed by atoms with E-state index in [1.54, 1.807) is 47.6 Å². The molecule has 0 unspecified atom stereocenters. The van der Waals surface area contributed by atoms with Crippen LogP contribution in [0.4, 0.5) is 4.79 Å². The molecule has 0 spiro atoms. The number of piperazine rings is 1. The summed E-state index contributed by atoms with van der Waals surface area (Å²) < 4.78 is 5.53. The van der Waals surface area contributed by atoms with Crippen LogP contribution in [-0.4, -0.2) is 62.0 Å². The molecular weight excluding hydrogens is 388 g/mol. The minimum atomic E-state index is -0.304. The summed E-state index contributed by atoms with van der Waals surface area (Å²) >= 11 is 1.63. The first kappa shape index (κ1) is 19.4. The maximum absolute atomic E-state index is 12.4. The summed E-state index contributed by atoms with van der Waals surface area (Å²) in [4.78, 5) is 32.1. The second-order valence-corrected chi connectivity index (χ2v) is 7.62. The molecule has 1 amide bonds. The first-order valence-electron chi connectivity index (χ1n) is 9.41. The van der Waals surface area contributed by atoms with E-state index in [4.69, 9.17) is 4.74 Å². The number of hydrogen-bond acceptors (Lipinski definition) is 7. The molecule has 1 aliphatic heterocycles. The molecule has 1 fully saturated rings. The van der Waals surface area contributed by atoms with E-state index in [-0.39, 0.29) is 6.09 Å². The predicted octanol–water partition coefficient (Wildman–Crippen LogP) is 2.81. The van der Waals surface area contributed by atoms with Crippen molar-refractivity contribution in [2.24, 2.45) is 0 Å². The van der Waals surface area contributed by atoms with Gasteiger partial charge in [0.2, 0.25) is 0 Å². The van der Waals surface area contributed by atoms with Crippen LogP contribution in [0.15, 0.2) is 60.4 Å². The van der Waals surface area contributed by atoms with Gasteiger partial charge < -0.3 is 14.6 Å². The highest BCUT2D eigenvalue weighted by Crippen LogP contribution is 2.21. The number of benzene rings is 1. The molecule has 1 N–H and O–H groups in total. The highest BCUT2D eigenvalue weighted by Gasteiger charge is 2.22. The SMILES string of the molecule is O=C(Oc1ccc(CSc2ncc[nH]2)cc1)N1CCN(Cc2cnccn2)CC1. The standard InChI is InChI=1S/C20H22N6O2S/c27-20(26-11-9-25(10-12-26)14-17-13-21-5-6-22-17)28-18-3-1-16(2-4-18)15-29-19-23-7-8-24-19/h1-8,13H,9-12,14-15H2,(H,23,24). The Hall–Kier alpha value is -2.91. The number of hydrogen-bond donors (Lipinski definition) is 1. The summed E-state index contributed by atoms with van der Waals surface area (Å²) in [6.07, 6.45) is 8.38. The smallest absolute Gasteiger partial charge is 0.410 e. The van der Waals surface area contributed by atoms with Crippen LogP contribution in [0.1, 0.15) is 11.3 Å². The minimum absolute atomic E-state index is 0.304. The lowest BCUT2D eigenvalue weighted by molar-refractivity contribution is 0.107. The number of nitrogens with zero attached hydrogens (tertiary/aromatic N) is 5. The monoisotopic (exact) mass is 410 g/mol. The van der Waals surface area contributed by atoms with Crippen molar-refractivity contribution >= 4 is 17.9 Å². The van der Waals surface area contributed by atoms with Crippen LogP contribution in [0.5, 0.6) is 5.75 Å². The molecule has 3 heterocycles. The number of carbonyl (C=O) groups is 1. The van der Waals surface area contributed by atoms with E-state index >= 15 is 0 Å². The van der Waals surface area contributed by atoms with Gasteiger partial charge in [-0.2, -0.15) is 0 Å². The number of nitrogens with one attached hydrogen (secondary N) is 1. The maximum Gasteiger partial charge on any atom is 0.415 e. The number of ether oxygens (including phenoxy) is 1. The number of carbonyl (C=O) groups excluding carboxylic acids is 1. The lowest BCUT2D eigenvalue weighted by Gasteiger charge is -2.33. The molecule has 4 rings (SSSR count). The van der Waals surface area contributed by atoms with Crippen molar-refractivity contribution in [1.29, 1.82) is 0 Å². The number of thioether (sulfide) groups is 1. The van der Waals surface area contributed by atoms with Crippen LogP contribution in [0.3, 0.4) is 0 Å². The first-order valence-corrected chi connectivity index (χ1v) is 10.4. The van der Waals surface area contributed by atoms with E-state index in [0.717, 1.165) is 41.8 Å². The largest absolute Gasteiger partial charge is 0.415 e. The van der Waals surface area contributed by atoms with Crippen molar-refractivity contribution in [3.63, 3.8) is 0 Å². The van der Waals surface area contributed by atoms with Gasteiger partial charge in [-0.3, -0.25) is 14.9 Å². The molecule has 0 aliphatic carbocycles. The lowest BCUT2D eigenvalue weighted by atomic mass is 10.2. The average Bonchev–Trinajstić information content (AvgIpc) is 3.28. The molecule has 0 atom stereocenters. The number of aromatic nitrogens is 4. The number of imidazole rings is 1. The summed E-state index contributed by atoms with van der Waals surface area (Å²) in [5.74, 6) is 1.36. The zero-order chi connectivity index (χ0) is 19.9. The zero-order valence-corrected chi connectivity index (χ0v) is 16.7. The molecule has 3 aromatic rings. The van der Waals surface area contributed by atoms with Gasteiger partial charge in [0, 0.05) is 69.5 Å². The van der Waals surface area contributed by atoms with E-state index in [1.165, 1.54) is 0 Å². The van der Waals surface area contributed by atoms with Crippen LogP contribution < -0.4 is 4.74 Å². The van der Waals surface area contributed by atoms with E-state index in [0.29, 0.717) is 18.8 Å². The van der Waals surface area contributed by atoms with Gasteiger partial charge >= 0.3 is 6.09 Å². The third-order valence-corrected chi connectivity index (χ3v) is 5.58. The van der Waals surface area contributed by atoms with Crippen LogP contribution in [0, 0.1) is 0 Å². The Kier molecular flexibility index (Phi) is 6.38. The van der Waals surface area contributed by atoms with Crippen molar-refractivity contribution in [2.45, 2.75) is 17.5 Å². The zero-order valence-electron chi connectivity index (χ0n) is 15.9. The fourth-order valence-corrected chi connectivity index (χ4v) is 3.81. The Morgan fingerprint density at radius 3 is 2.59 bits per heavy atom. The summed E-state index contributed by atoms with van der Waals surface area (Å²) in [7, 11) is 0. The summed E-state index contributed by atoms with van der Waals surface area (Å²) in [5, 5.41) is 0.888. The van der Waals surface area contributed by atoms with Crippen molar-refractivity contribution in [3.8, 4) is 5.75 Å². The summed E-state index contributed by atoms with van der Waals surface area (Å²) in [6, 6.07) is 7.61. The molecule has 1 aromatic carbocycles. The number of amides is 1. The van der Waals surface area contributed by atoms with Crippen LogP contribution >= 0.6 is 11.8 Å². The fourth-order valence-electron chi connectivity index (χ4n) is 3.03. The van der Waals surface area contributed by atoms with Crippen molar-refractivity contribution in [1.82, 2.24) is 29.7 Å². The van der Waals surface area contributed by atoms with Gasteiger partial charge in [0.25, 0.3) is 0 Å². The number of aromatic amines is 1. The van der Waals surface area contributed by atoms with Gasteiger partial charge in [0.05, 0.1) is 5.69 Å². The van der Waals surface area contributed by atoms with E-state index in [1.807, 2.05) is 24.3 Å². The quantitative estimate of drug-likeness (QED) is 0.625. The second kappa shape index (κ2) is 9.53. The molecule has 2 aromatic heterocycles. The molecule has 0 bridgehead atoms. The third kappa shape index (κ3) is 5.55. The molecule has 8 nitrogen and oxygen atoms in total. The highest BCUT2D eigenvalue weighted by molar-refractivity contribution is 7.98.